The monoisotopic (exact) mass is 384 g/mol. The van der Waals surface area contributed by atoms with Crippen LogP contribution in [0.4, 0.5) is 0 Å². The molecule has 2 fully saturated rings. The van der Waals surface area contributed by atoms with Gasteiger partial charge in [0.2, 0.25) is 0 Å². The van der Waals surface area contributed by atoms with Crippen LogP contribution in [-0.4, -0.2) is 24.1 Å². The van der Waals surface area contributed by atoms with Crippen LogP contribution in [0.25, 0.3) is 0 Å². The number of rotatable bonds is 2. The molecule has 1 aromatic rings. The summed E-state index contributed by atoms with van der Waals surface area (Å²) in [7, 11) is 0. The molecular formula is C24H32O4. The molecule has 3 aliphatic rings. The Labute approximate surface area is 168 Å². The molecular weight excluding hydrogens is 352 g/mol. The minimum atomic E-state index is -0.576. The summed E-state index contributed by atoms with van der Waals surface area (Å²) in [4.78, 5) is 25.4. The molecule has 6 atom stereocenters. The maximum absolute atomic E-state index is 12.7. The lowest BCUT2D eigenvalue weighted by Crippen LogP contribution is -2.47. The minimum absolute atomic E-state index is 0.214. The highest BCUT2D eigenvalue weighted by molar-refractivity contribution is 5.77. The van der Waals surface area contributed by atoms with Gasteiger partial charge in [0.1, 0.15) is 12.2 Å². The lowest BCUT2D eigenvalue weighted by atomic mass is 9.76. The molecule has 2 bridgehead atoms. The summed E-state index contributed by atoms with van der Waals surface area (Å²) >= 11 is 0. The quantitative estimate of drug-likeness (QED) is 0.704. The standard InChI is InChI=1S/C24H32O4/c1-23(2,3)21(25)27-19-16-12-17(20(19)28-22(26)24(4,5)6)18-14-10-8-7-9-13(14)11-15(16)18/h7-10,15-20H,11-12H2,1-6H3. The molecule has 0 radical (unpaired) electrons. The van der Waals surface area contributed by atoms with Crippen molar-refractivity contribution in [2.45, 2.75) is 72.5 Å². The molecule has 0 heterocycles. The highest BCUT2D eigenvalue weighted by atomic mass is 16.6. The number of fused-ring (bicyclic) bond motifs is 7. The van der Waals surface area contributed by atoms with E-state index in [1.807, 2.05) is 41.5 Å². The molecule has 1 aromatic carbocycles. The van der Waals surface area contributed by atoms with E-state index in [4.69, 9.17) is 9.47 Å². The Morgan fingerprint density at radius 3 is 1.93 bits per heavy atom. The van der Waals surface area contributed by atoms with E-state index in [0.717, 1.165) is 12.8 Å². The fourth-order valence-electron chi connectivity index (χ4n) is 5.37. The third kappa shape index (κ3) is 3.05. The van der Waals surface area contributed by atoms with Crippen molar-refractivity contribution in [1.29, 1.82) is 0 Å². The molecule has 6 unspecified atom stereocenters. The van der Waals surface area contributed by atoms with Crippen LogP contribution in [0.3, 0.4) is 0 Å². The first kappa shape index (κ1) is 19.5. The Kier molecular flexibility index (Phi) is 4.40. The molecule has 0 amide bonds. The molecule has 4 heteroatoms. The van der Waals surface area contributed by atoms with Crippen LogP contribution in [-0.2, 0) is 25.5 Å². The average Bonchev–Trinajstić information content (AvgIpc) is 3.22. The van der Waals surface area contributed by atoms with Crippen molar-refractivity contribution >= 4 is 11.9 Å². The van der Waals surface area contributed by atoms with Crippen LogP contribution in [0.5, 0.6) is 0 Å². The highest BCUT2D eigenvalue weighted by Crippen LogP contribution is 2.63. The van der Waals surface area contributed by atoms with Gasteiger partial charge < -0.3 is 9.47 Å². The summed E-state index contributed by atoms with van der Waals surface area (Å²) in [5.74, 6) is 0.932. The van der Waals surface area contributed by atoms with Gasteiger partial charge in [-0.15, -0.1) is 0 Å². The van der Waals surface area contributed by atoms with Gasteiger partial charge in [0, 0.05) is 11.8 Å². The van der Waals surface area contributed by atoms with Crippen molar-refractivity contribution in [2.75, 3.05) is 0 Å². The third-order valence-electron chi connectivity index (χ3n) is 6.77. The number of benzene rings is 1. The van der Waals surface area contributed by atoms with Gasteiger partial charge in [0.25, 0.3) is 0 Å². The number of hydrogen-bond donors (Lipinski definition) is 0. The van der Waals surface area contributed by atoms with Crippen LogP contribution in [0.1, 0.15) is 65.0 Å². The zero-order valence-corrected chi connectivity index (χ0v) is 17.8. The first-order valence-corrected chi connectivity index (χ1v) is 10.5. The second kappa shape index (κ2) is 6.33. The lowest BCUT2D eigenvalue weighted by Gasteiger charge is -2.39. The van der Waals surface area contributed by atoms with Crippen molar-refractivity contribution in [3.63, 3.8) is 0 Å². The molecule has 4 rings (SSSR count). The number of esters is 2. The lowest BCUT2D eigenvalue weighted by molar-refractivity contribution is -0.185. The van der Waals surface area contributed by atoms with E-state index in [9.17, 15) is 9.59 Å². The summed E-state index contributed by atoms with van der Waals surface area (Å²) in [5.41, 5.74) is 1.65. The van der Waals surface area contributed by atoms with Gasteiger partial charge in [-0.1, -0.05) is 24.3 Å². The van der Waals surface area contributed by atoms with Crippen LogP contribution in [0.2, 0.25) is 0 Å². The molecule has 4 nitrogen and oxygen atoms in total. The van der Waals surface area contributed by atoms with Crippen molar-refractivity contribution < 1.29 is 19.1 Å². The number of carbonyl (C=O) groups is 2. The minimum Gasteiger partial charge on any atom is -0.458 e. The van der Waals surface area contributed by atoms with Gasteiger partial charge in [-0.2, -0.15) is 0 Å². The molecule has 2 saturated carbocycles. The zero-order valence-electron chi connectivity index (χ0n) is 17.8. The Morgan fingerprint density at radius 2 is 1.36 bits per heavy atom. The van der Waals surface area contributed by atoms with E-state index in [-0.39, 0.29) is 36.0 Å². The Hall–Kier alpha value is -1.84. The van der Waals surface area contributed by atoms with E-state index in [2.05, 4.69) is 24.3 Å². The van der Waals surface area contributed by atoms with E-state index in [1.165, 1.54) is 11.1 Å². The summed E-state index contributed by atoms with van der Waals surface area (Å²) < 4.78 is 12.1. The van der Waals surface area contributed by atoms with Crippen molar-refractivity contribution in [3.8, 4) is 0 Å². The topological polar surface area (TPSA) is 52.6 Å². The smallest absolute Gasteiger partial charge is 0.311 e. The Balaban J connectivity index is 1.65. The summed E-state index contributed by atoms with van der Waals surface area (Å²) in [5, 5.41) is 0. The predicted molar refractivity (Wildman–Crippen MR) is 107 cm³/mol. The molecule has 152 valence electrons. The van der Waals surface area contributed by atoms with E-state index >= 15 is 0 Å². The predicted octanol–water partition coefficient (Wildman–Crippen LogP) is 4.51. The fraction of sp³-hybridized carbons (Fsp3) is 0.667. The molecule has 0 N–H and O–H groups in total. The van der Waals surface area contributed by atoms with Crippen LogP contribution >= 0.6 is 0 Å². The maximum atomic E-state index is 12.7. The van der Waals surface area contributed by atoms with E-state index in [0.29, 0.717) is 11.8 Å². The SMILES string of the molecule is CC(C)(C)C(=O)OC1C2CC(C1OC(=O)C(C)(C)C)C1c3ccccc3CC21. The van der Waals surface area contributed by atoms with Gasteiger partial charge in [-0.25, -0.2) is 0 Å². The second-order valence-corrected chi connectivity index (χ2v) is 10.9. The Bertz CT molecular complexity index is 798. The van der Waals surface area contributed by atoms with Crippen LogP contribution < -0.4 is 0 Å². The summed E-state index contributed by atoms with van der Waals surface area (Å²) in [6.07, 6.45) is 1.31. The van der Waals surface area contributed by atoms with Crippen molar-refractivity contribution in [1.82, 2.24) is 0 Å². The summed E-state index contributed by atoms with van der Waals surface area (Å²) in [6, 6.07) is 8.62. The molecule has 3 aliphatic carbocycles. The third-order valence-corrected chi connectivity index (χ3v) is 6.77. The largest absolute Gasteiger partial charge is 0.458 e. The molecule has 0 aromatic heterocycles. The number of ether oxygens (including phenoxy) is 2. The summed E-state index contributed by atoms with van der Waals surface area (Å²) in [6.45, 7) is 11.2. The maximum Gasteiger partial charge on any atom is 0.311 e. The van der Waals surface area contributed by atoms with Crippen LogP contribution in [0.15, 0.2) is 24.3 Å². The van der Waals surface area contributed by atoms with Crippen molar-refractivity contribution in [2.24, 2.45) is 28.6 Å². The van der Waals surface area contributed by atoms with Crippen molar-refractivity contribution in [3.05, 3.63) is 35.4 Å². The van der Waals surface area contributed by atoms with Crippen LogP contribution in [0, 0.1) is 28.6 Å². The van der Waals surface area contributed by atoms with Gasteiger partial charge in [0.05, 0.1) is 10.8 Å². The normalized spacial score (nSPS) is 33.4. The van der Waals surface area contributed by atoms with Gasteiger partial charge in [-0.05, 0) is 77.3 Å². The number of hydrogen-bond acceptors (Lipinski definition) is 4. The molecule has 0 saturated heterocycles. The van der Waals surface area contributed by atoms with E-state index in [1.54, 1.807) is 0 Å². The molecule has 0 aliphatic heterocycles. The second-order valence-electron chi connectivity index (χ2n) is 10.9. The van der Waals surface area contributed by atoms with Gasteiger partial charge >= 0.3 is 11.9 Å². The number of carbonyl (C=O) groups excluding carboxylic acids is 2. The first-order chi connectivity index (χ1) is 13.0. The van der Waals surface area contributed by atoms with Gasteiger partial charge in [-0.3, -0.25) is 9.59 Å². The average molecular weight is 385 g/mol. The van der Waals surface area contributed by atoms with Gasteiger partial charge in [0.15, 0.2) is 0 Å². The van der Waals surface area contributed by atoms with E-state index < -0.39 is 10.8 Å². The zero-order chi connectivity index (χ0) is 20.4. The Morgan fingerprint density at radius 1 is 0.821 bits per heavy atom. The molecule has 28 heavy (non-hydrogen) atoms. The first-order valence-electron chi connectivity index (χ1n) is 10.5. The fourth-order valence-corrected chi connectivity index (χ4v) is 5.37. The molecule has 0 spiro atoms. The highest BCUT2D eigenvalue weighted by Gasteiger charge is 2.63.